The largest absolute Gasteiger partial charge is 0.390 e. The molecule has 38 heavy (non-hydrogen) atoms. The number of aliphatic hydroxyl groups is 1. The molecule has 2 heterocycles. The molecule has 2 aromatic carbocycles. The maximum atomic E-state index is 13.3. The van der Waals surface area contributed by atoms with Crippen LogP contribution in [0.15, 0.2) is 71.9 Å². The van der Waals surface area contributed by atoms with Gasteiger partial charge in [0.2, 0.25) is 5.91 Å². The molecule has 1 aromatic heterocycles. The van der Waals surface area contributed by atoms with E-state index >= 15 is 0 Å². The predicted octanol–water partition coefficient (Wildman–Crippen LogP) is 2.71. The maximum absolute atomic E-state index is 13.3. The van der Waals surface area contributed by atoms with Gasteiger partial charge in [0, 0.05) is 24.8 Å². The molecule has 2 amide bonds. The van der Waals surface area contributed by atoms with Gasteiger partial charge in [-0.05, 0) is 60.2 Å². The van der Waals surface area contributed by atoms with E-state index in [1.165, 1.54) is 16.6 Å². The van der Waals surface area contributed by atoms with Gasteiger partial charge in [0.05, 0.1) is 12.1 Å². The molecule has 3 atom stereocenters. The number of β-amino-alcohol motifs (C(OH)–C–C–N with tert-alkyl or cyclic N) is 1. The highest BCUT2D eigenvalue weighted by Crippen LogP contribution is 2.20. The van der Waals surface area contributed by atoms with Crippen LogP contribution < -0.4 is 10.6 Å². The molecule has 2 unspecified atom stereocenters. The molecule has 4 rings (SSSR count). The Balaban J connectivity index is 1.44. The summed E-state index contributed by atoms with van der Waals surface area (Å²) in [6, 6.07) is 16.3. The van der Waals surface area contributed by atoms with Crippen molar-refractivity contribution in [2.45, 2.75) is 56.3 Å². The zero-order chi connectivity index (χ0) is 27.3. The lowest BCUT2D eigenvalue weighted by atomic mass is 10.0. The van der Waals surface area contributed by atoms with Crippen molar-refractivity contribution in [3.05, 3.63) is 72.4 Å². The average Bonchev–Trinajstić information content (AvgIpc) is 3.09. The van der Waals surface area contributed by atoms with Crippen LogP contribution >= 0.6 is 0 Å². The average molecular weight is 539 g/mol. The molecule has 1 aliphatic heterocycles. The number of aliphatic hydroxyl groups excluding tert-OH is 1. The smallest absolute Gasteiger partial charge is 0.260 e. The highest BCUT2D eigenvalue weighted by Gasteiger charge is 2.35. The van der Waals surface area contributed by atoms with Crippen LogP contribution in [0.1, 0.15) is 43.5 Å². The van der Waals surface area contributed by atoms with Gasteiger partial charge in [0.15, 0.2) is 5.03 Å². The van der Waals surface area contributed by atoms with Crippen molar-refractivity contribution in [1.82, 2.24) is 19.9 Å². The molecule has 3 aromatic rings. The molecule has 0 bridgehead atoms. The molecule has 0 aliphatic carbocycles. The number of benzene rings is 2. The van der Waals surface area contributed by atoms with Crippen LogP contribution in [-0.4, -0.2) is 65.9 Å². The van der Waals surface area contributed by atoms with Crippen molar-refractivity contribution in [3.63, 3.8) is 0 Å². The number of fused-ring (bicyclic) bond motifs is 1. The van der Waals surface area contributed by atoms with Crippen molar-refractivity contribution in [1.29, 1.82) is 0 Å². The van der Waals surface area contributed by atoms with Gasteiger partial charge in [-0.2, -0.15) is 4.31 Å². The van der Waals surface area contributed by atoms with E-state index in [9.17, 15) is 23.1 Å². The van der Waals surface area contributed by atoms with E-state index in [4.69, 9.17) is 0 Å². The maximum Gasteiger partial charge on any atom is 0.260 e. The van der Waals surface area contributed by atoms with E-state index in [2.05, 4.69) is 15.6 Å². The molecule has 0 spiro atoms. The van der Waals surface area contributed by atoms with Crippen LogP contribution in [0.25, 0.3) is 10.8 Å². The summed E-state index contributed by atoms with van der Waals surface area (Å²) in [5.74, 6) is -0.635. The Morgan fingerprint density at radius 2 is 1.82 bits per heavy atom. The van der Waals surface area contributed by atoms with E-state index in [-0.39, 0.29) is 29.9 Å². The molecule has 0 saturated carbocycles. The molecular weight excluding hydrogens is 504 g/mol. The fourth-order valence-corrected chi connectivity index (χ4v) is 6.11. The topological polar surface area (TPSA) is 129 Å². The van der Waals surface area contributed by atoms with Gasteiger partial charge in [-0.1, -0.05) is 50.2 Å². The first-order valence-electron chi connectivity index (χ1n) is 12.8. The molecule has 1 fully saturated rings. The fraction of sp³-hybridized carbons (Fsp3) is 0.393. The fourth-order valence-electron chi connectivity index (χ4n) is 4.68. The summed E-state index contributed by atoms with van der Waals surface area (Å²) in [7, 11) is -3.87. The number of sulfonamides is 1. The second-order valence-electron chi connectivity index (χ2n) is 10.1. The quantitative estimate of drug-likeness (QED) is 0.405. The molecular formula is C28H34N4O5S. The normalized spacial score (nSPS) is 19.6. The number of carbonyl (C=O) groups excluding carboxylic acids is 2. The zero-order valence-corrected chi connectivity index (χ0v) is 22.4. The van der Waals surface area contributed by atoms with Gasteiger partial charge in [-0.3, -0.25) is 9.59 Å². The van der Waals surface area contributed by atoms with Gasteiger partial charge in [-0.25, -0.2) is 13.4 Å². The first-order valence-corrected chi connectivity index (χ1v) is 14.3. The zero-order valence-electron chi connectivity index (χ0n) is 21.6. The van der Waals surface area contributed by atoms with Gasteiger partial charge in [0.1, 0.15) is 6.04 Å². The van der Waals surface area contributed by atoms with Crippen LogP contribution in [0.4, 0.5) is 0 Å². The number of nitrogens with zero attached hydrogens (tertiary/aromatic N) is 2. The molecule has 10 heteroatoms. The SMILES string of the molecule is CC(C)CC(NC(=O)c1ccc2ccccc2c1)C(=O)NC1CCCN(S(=O)(=O)c2ccccn2)C[C@@H]1O. The summed E-state index contributed by atoms with van der Waals surface area (Å²) < 4.78 is 27.2. The van der Waals surface area contributed by atoms with Crippen LogP contribution in [0.3, 0.4) is 0 Å². The monoisotopic (exact) mass is 538 g/mol. The Morgan fingerprint density at radius 3 is 2.53 bits per heavy atom. The number of nitrogens with one attached hydrogen (secondary N) is 2. The minimum absolute atomic E-state index is 0.0805. The van der Waals surface area contributed by atoms with Crippen molar-refractivity contribution in [2.24, 2.45) is 5.92 Å². The molecule has 3 N–H and O–H groups in total. The lowest BCUT2D eigenvalue weighted by molar-refractivity contribution is -0.125. The standard InChI is InChI=1S/C28H34N4O5S/c1-19(2)16-24(31-27(34)22-13-12-20-8-3-4-9-21(20)17-22)28(35)30-23-10-7-15-32(18-25(23)33)38(36,37)26-11-5-6-14-29-26/h3-6,8-9,11-14,17,19,23-25,33H,7,10,15-16,18H2,1-2H3,(H,30,35)(H,31,34)/t23?,24?,25-/m0/s1. The summed E-state index contributed by atoms with van der Waals surface area (Å²) in [5.41, 5.74) is 0.454. The van der Waals surface area contributed by atoms with Gasteiger partial charge < -0.3 is 15.7 Å². The molecule has 9 nitrogen and oxygen atoms in total. The van der Waals surface area contributed by atoms with Crippen LogP contribution in [0, 0.1) is 5.92 Å². The third-order valence-electron chi connectivity index (χ3n) is 6.69. The first-order chi connectivity index (χ1) is 18.1. The number of rotatable bonds is 8. The third-order valence-corrected chi connectivity index (χ3v) is 8.47. The van der Waals surface area contributed by atoms with E-state index in [0.717, 1.165) is 10.8 Å². The predicted molar refractivity (Wildman–Crippen MR) is 145 cm³/mol. The molecule has 0 radical (unpaired) electrons. The minimum Gasteiger partial charge on any atom is -0.390 e. The number of aromatic nitrogens is 1. The molecule has 1 saturated heterocycles. The third kappa shape index (κ3) is 6.56. The number of hydrogen-bond acceptors (Lipinski definition) is 6. The summed E-state index contributed by atoms with van der Waals surface area (Å²) in [6.45, 7) is 3.96. The van der Waals surface area contributed by atoms with Crippen molar-refractivity contribution in [2.75, 3.05) is 13.1 Å². The Kier molecular flexibility index (Phi) is 8.76. The van der Waals surface area contributed by atoms with E-state index in [1.54, 1.807) is 24.3 Å². The van der Waals surface area contributed by atoms with Gasteiger partial charge in [0.25, 0.3) is 15.9 Å². The minimum atomic E-state index is -3.87. The number of carbonyl (C=O) groups is 2. The second kappa shape index (κ2) is 12.0. The van der Waals surface area contributed by atoms with E-state index in [0.29, 0.717) is 24.8 Å². The van der Waals surface area contributed by atoms with Crippen LogP contribution in [-0.2, 0) is 14.8 Å². The Morgan fingerprint density at radius 1 is 1.08 bits per heavy atom. The lowest BCUT2D eigenvalue weighted by Gasteiger charge is -2.27. The summed E-state index contributed by atoms with van der Waals surface area (Å²) in [4.78, 5) is 30.3. The van der Waals surface area contributed by atoms with Crippen LogP contribution in [0.2, 0.25) is 0 Å². The lowest BCUT2D eigenvalue weighted by Crippen LogP contribution is -2.54. The summed E-state index contributed by atoms with van der Waals surface area (Å²) in [5, 5.41) is 18.5. The molecule has 1 aliphatic rings. The van der Waals surface area contributed by atoms with Crippen molar-refractivity contribution < 1.29 is 23.1 Å². The number of amides is 2. The highest BCUT2D eigenvalue weighted by atomic mass is 32.2. The van der Waals surface area contributed by atoms with E-state index < -0.39 is 34.1 Å². The van der Waals surface area contributed by atoms with Gasteiger partial charge >= 0.3 is 0 Å². The number of pyridine rings is 1. The van der Waals surface area contributed by atoms with Crippen molar-refractivity contribution >= 4 is 32.6 Å². The van der Waals surface area contributed by atoms with Crippen LogP contribution in [0.5, 0.6) is 0 Å². The summed E-state index contributed by atoms with van der Waals surface area (Å²) in [6.07, 6.45) is 1.55. The summed E-state index contributed by atoms with van der Waals surface area (Å²) >= 11 is 0. The molecule has 202 valence electrons. The van der Waals surface area contributed by atoms with Crippen molar-refractivity contribution in [3.8, 4) is 0 Å². The Labute approximate surface area is 223 Å². The highest BCUT2D eigenvalue weighted by molar-refractivity contribution is 7.89. The Hall–Kier alpha value is -3.34. The number of hydrogen-bond donors (Lipinski definition) is 3. The van der Waals surface area contributed by atoms with Gasteiger partial charge in [-0.15, -0.1) is 0 Å². The van der Waals surface area contributed by atoms with E-state index in [1.807, 2.05) is 44.2 Å². The Bertz CT molecular complexity index is 1380. The first kappa shape index (κ1) is 27.7. The second-order valence-corrected chi connectivity index (χ2v) is 12.0.